The number of fused-ring (bicyclic) bond motifs is 1. The molecule has 0 unspecified atom stereocenters. The van der Waals surface area contributed by atoms with E-state index in [2.05, 4.69) is 25.4 Å². The van der Waals surface area contributed by atoms with Crippen LogP contribution < -0.4 is 4.74 Å². The molecule has 0 amide bonds. The first-order chi connectivity index (χ1) is 15.1. The average molecular weight is 419 g/mol. The second-order valence-corrected chi connectivity index (χ2v) is 6.72. The molecule has 8 nitrogen and oxygen atoms in total. The summed E-state index contributed by atoms with van der Waals surface area (Å²) in [5, 5.41) is 16.6. The molecule has 2 aromatic carbocycles. The van der Waals surface area contributed by atoms with E-state index in [1.165, 1.54) is 35.2 Å². The molecular formula is C21H15F2N7O. The van der Waals surface area contributed by atoms with E-state index < -0.39 is 11.6 Å². The Balaban J connectivity index is 1.70. The Morgan fingerprint density at radius 3 is 2.71 bits per heavy atom. The largest absolute Gasteiger partial charge is 0.468 e. The first-order valence-electron chi connectivity index (χ1n) is 9.33. The second kappa shape index (κ2) is 7.56. The first kappa shape index (κ1) is 18.8. The number of rotatable bonds is 5. The molecule has 0 N–H and O–H groups in total. The number of hydrogen-bond acceptors (Lipinski definition) is 6. The number of aromatic nitrogens is 7. The van der Waals surface area contributed by atoms with E-state index in [1.54, 1.807) is 42.1 Å². The molecule has 0 atom stereocenters. The van der Waals surface area contributed by atoms with Crippen LogP contribution >= 0.6 is 0 Å². The summed E-state index contributed by atoms with van der Waals surface area (Å²) < 4.78 is 37.4. The maximum atomic E-state index is 14.5. The molecule has 0 aliphatic rings. The molecule has 0 aliphatic carbocycles. The third-order valence-electron chi connectivity index (χ3n) is 4.79. The van der Waals surface area contributed by atoms with E-state index in [0.29, 0.717) is 22.5 Å². The molecule has 0 saturated heterocycles. The fourth-order valence-corrected chi connectivity index (χ4v) is 3.28. The molecule has 0 fully saturated rings. The Morgan fingerprint density at radius 1 is 1.06 bits per heavy atom. The van der Waals surface area contributed by atoms with Crippen LogP contribution in [0.2, 0.25) is 0 Å². The van der Waals surface area contributed by atoms with Crippen LogP contribution in [0.1, 0.15) is 5.82 Å². The van der Waals surface area contributed by atoms with E-state index in [9.17, 15) is 8.78 Å². The van der Waals surface area contributed by atoms with Gasteiger partial charge in [-0.2, -0.15) is 10.2 Å². The summed E-state index contributed by atoms with van der Waals surface area (Å²) in [5.74, 6) is 0.108. The Bertz CT molecular complexity index is 1400. The molecule has 3 heterocycles. The predicted octanol–water partition coefficient (Wildman–Crippen LogP) is 3.44. The standard InChI is InChI=1S/C21H15F2N7O/c1-29-18(24-12-26-29)11-31-21-19(13-5-4-6-14(22)9-13)17-10-25-27-20(30(17)28-21)15-7-2-3-8-16(15)23/h2-10,12H,11H2,1H3. The Morgan fingerprint density at radius 2 is 1.94 bits per heavy atom. The van der Waals surface area contributed by atoms with Crippen LogP contribution in [0, 0.1) is 11.6 Å². The summed E-state index contributed by atoms with van der Waals surface area (Å²) >= 11 is 0. The van der Waals surface area contributed by atoms with Crippen molar-refractivity contribution in [2.75, 3.05) is 0 Å². The number of hydrogen-bond donors (Lipinski definition) is 0. The molecule has 154 valence electrons. The Kier molecular flexibility index (Phi) is 4.58. The Labute approximate surface area is 174 Å². The summed E-state index contributed by atoms with van der Waals surface area (Å²) in [5.41, 5.74) is 1.77. The molecule has 0 saturated carbocycles. The van der Waals surface area contributed by atoms with Gasteiger partial charge in [0.2, 0.25) is 5.88 Å². The van der Waals surface area contributed by atoms with Crippen molar-refractivity contribution in [1.29, 1.82) is 0 Å². The summed E-state index contributed by atoms with van der Waals surface area (Å²) in [6.07, 6.45) is 2.90. The van der Waals surface area contributed by atoms with Crippen molar-refractivity contribution >= 4 is 5.52 Å². The summed E-state index contributed by atoms with van der Waals surface area (Å²) in [6.45, 7) is 0.0819. The van der Waals surface area contributed by atoms with Crippen molar-refractivity contribution in [1.82, 2.24) is 34.6 Å². The smallest absolute Gasteiger partial charge is 0.242 e. The normalized spacial score (nSPS) is 11.2. The SMILES string of the molecule is Cn1ncnc1COc1nn2c(-c3ccccc3F)nncc2c1-c1cccc(F)c1. The Hall–Kier alpha value is -4.21. The van der Waals surface area contributed by atoms with Crippen LogP contribution in [-0.4, -0.2) is 34.6 Å². The van der Waals surface area contributed by atoms with Crippen molar-refractivity contribution < 1.29 is 13.5 Å². The lowest BCUT2D eigenvalue weighted by molar-refractivity contribution is 0.278. The predicted molar refractivity (Wildman–Crippen MR) is 107 cm³/mol. The zero-order valence-corrected chi connectivity index (χ0v) is 16.3. The second-order valence-electron chi connectivity index (χ2n) is 6.72. The van der Waals surface area contributed by atoms with Gasteiger partial charge in [-0.3, -0.25) is 4.68 Å². The van der Waals surface area contributed by atoms with Crippen molar-refractivity contribution in [3.63, 3.8) is 0 Å². The minimum atomic E-state index is -0.464. The van der Waals surface area contributed by atoms with Gasteiger partial charge in [-0.25, -0.2) is 18.3 Å². The number of aryl methyl sites for hydroxylation is 1. The maximum absolute atomic E-state index is 14.5. The van der Waals surface area contributed by atoms with Gasteiger partial charge in [0.25, 0.3) is 0 Å². The van der Waals surface area contributed by atoms with E-state index in [1.807, 2.05) is 0 Å². The molecule has 0 spiro atoms. The third kappa shape index (κ3) is 3.37. The molecule has 0 bridgehead atoms. The van der Waals surface area contributed by atoms with Crippen molar-refractivity contribution in [3.05, 3.63) is 78.5 Å². The van der Waals surface area contributed by atoms with E-state index in [0.717, 1.165) is 0 Å². The highest BCUT2D eigenvalue weighted by Gasteiger charge is 2.21. The van der Waals surface area contributed by atoms with Crippen molar-refractivity contribution in [2.45, 2.75) is 6.61 Å². The highest BCUT2D eigenvalue weighted by Crippen LogP contribution is 2.36. The molecule has 3 aromatic heterocycles. The lowest BCUT2D eigenvalue weighted by Gasteiger charge is -2.06. The van der Waals surface area contributed by atoms with Gasteiger partial charge in [0.1, 0.15) is 30.1 Å². The minimum Gasteiger partial charge on any atom is -0.468 e. The van der Waals surface area contributed by atoms with Crippen LogP contribution in [0.3, 0.4) is 0 Å². The zero-order valence-electron chi connectivity index (χ0n) is 16.3. The van der Waals surface area contributed by atoms with Crippen molar-refractivity contribution in [3.8, 4) is 28.4 Å². The zero-order chi connectivity index (χ0) is 21.4. The van der Waals surface area contributed by atoms with E-state index in [-0.39, 0.29) is 23.9 Å². The minimum absolute atomic E-state index is 0.0819. The van der Waals surface area contributed by atoms with Crippen LogP contribution in [0.15, 0.2) is 61.1 Å². The first-order valence-corrected chi connectivity index (χ1v) is 9.33. The molecule has 31 heavy (non-hydrogen) atoms. The van der Waals surface area contributed by atoms with Crippen molar-refractivity contribution in [2.24, 2.45) is 7.05 Å². The monoisotopic (exact) mass is 419 g/mol. The number of benzene rings is 2. The van der Waals surface area contributed by atoms with Gasteiger partial charge >= 0.3 is 0 Å². The topological polar surface area (TPSA) is 83.0 Å². The van der Waals surface area contributed by atoms with E-state index >= 15 is 0 Å². The molecule has 0 aliphatic heterocycles. The van der Waals surface area contributed by atoms with Crippen LogP contribution in [0.4, 0.5) is 8.78 Å². The van der Waals surface area contributed by atoms with Gasteiger partial charge in [-0.05, 0) is 29.8 Å². The van der Waals surface area contributed by atoms with Gasteiger partial charge < -0.3 is 4.74 Å². The highest BCUT2D eigenvalue weighted by atomic mass is 19.1. The summed E-state index contributed by atoms with van der Waals surface area (Å²) in [7, 11) is 1.74. The molecule has 5 aromatic rings. The van der Waals surface area contributed by atoms with Gasteiger partial charge in [-0.15, -0.1) is 10.2 Å². The molecule has 5 rings (SSSR count). The molecular weight excluding hydrogens is 404 g/mol. The summed E-state index contributed by atoms with van der Waals surface area (Å²) in [4.78, 5) is 4.14. The maximum Gasteiger partial charge on any atom is 0.242 e. The van der Waals surface area contributed by atoms with E-state index in [4.69, 9.17) is 4.74 Å². The molecule has 10 heteroatoms. The van der Waals surface area contributed by atoms with Crippen LogP contribution in [-0.2, 0) is 13.7 Å². The molecule has 0 radical (unpaired) electrons. The highest BCUT2D eigenvalue weighted by molar-refractivity contribution is 5.85. The van der Waals surface area contributed by atoms with Gasteiger partial charge in [0, 0.05) is 7.05 Å². The van der Waals surface area contributed by atoms with Crippen LogP contribution in [0.5, 0.6) is 5.88 Å². The van der Waals surface area contributed by atoms with Gasteiger partial charge in [0.15, 0.2) is 11.6 Å². The quantitative estimate of drug-likeness (QED) is 0.434. The number of halogens is 2. The summed E-state index contributed by atoms with van der Waals surface area (Å²) in [6, 6.07) is 12.2. The number of nitrogens with zero attached hydrogens (tertiary/aromatic N) is 7. The fraction of sp³-hybridized carbons (Fsp3) is 0.0952. The third-order valence-corrected chi connectivity index (χ3v) is 4.79. The average Bonchev–Trinajstić information content (AvgIpc) is 3.35. The lowest BCUT2D eigenvalue weighted by Crippen LogP contribution is -2.05. The fourth-order valence-electron chi connectivity index (χ4n) is 3.28. The number of ether oxygens (including phenoxy) is 1. The van der Waals surface area contributed by atoms with Crippen LogP contribution in [0.25, 0.3) is 28.0 Å². The van der Waals surface area contributed by atoms with Gasteiger partial charge in [-0.1, -0.05) is 24.3 Å². The lowest BCUT2D eigenvalue weighted by atomic mass is 10.1. The van der Waals surface area contributed by atoms with Gasteiger partial charge in [0.05, 0.1) is 17.3 Å².